The average molecular weight is 1150 g/mol. The Morgan fingerprint density at radius 3 is 1.05 bits per heavy atom. The molecule has 0 atom stereocenters. The van der Waals surface area contributed by atoms with E-state index >= 15 is 0 Å². The van der Waals surface area contributed by atoms with E-state index in [1.165, 1.54) is 164 Å². The monoisotopic (exact) mass is 1150 g/mol. The van der Waals surface area contributed by atoms with Gasteiger partial charge in [-0.1, -0.05) is 185 Å². The highest BCUT2D eigenvalue weighted by atomic mass is 15.0. The first-order chi connectivity index (χ1) is 43.4. The lowest BCUT2D eigenvalue weighted by Gasteiger charge is -2.10. The van der Waals surface area contributed by atoms with Crippen molar-refractivity contribution in [1.82, 2.24) is 19.9 Å². The van der Waals surface area contributed by atoms with Gasteiger partial charge in [0, 0.05) is 54.6 Å². The van der Waals surface area contributed by atoms with Gasteiger partial charge in [0.2, 0.25) is 0 Å². The number of allylic oxidation sites excluding steroid dienone is 2. The van der Waals surface area contributed by atoms with Gasteiger partial charge in [0.25, 0.3) is 0 Å². The molecule has 0 saturated carbocycles. The molecule has 16 bridgehead atoms. The quantitative estimate of drug-likeness (QED) is 0.0610. The summed E-state index contributed by atoms with van der Waals surface area (Å²) in [5.41, 5.74) is 20.8. The van der Waals surface area contributed by atoms with Crippen LogP contribution in [0.3, 0.4) is 0 Å². The number of nitrogens with zero attached hydrogens (tertiary/aromatic N) is 3. The topological polar surface area (TPSA) is 112 Å². The molecule has 17 rings (SSSR count). The van der Waals surface area contributed by atoms with Crippen molar-refractivity contribution in [2.24, 2.45) is 15.0 Å². The first kappa shape index (κ1) is 53.4. The third kappa shape index (κ3) is 7.09. The fourth-order valence-corrected chi connectivity index (χ4v) is 17.3. The molecule has 0 amide bonds. The Bertz CT molecular complexity index is 5830. The van der Waals surface area contributed by atoms with Crippen LogP contribution in [0.4, 0.5) is 5.69 Å². The molecular weight excluding hydrogens is 1070 g/mol. The SMILES string of the molecule is CCCC1=c2c3c4c(c5ccccc25)[C+](CCC)C(=C2N=c5c6c(c7ccccc7c5=C2CCC)=C(CCC)C(=c2[nH]c5c7[nH]c(c(CCC)c7c7ccccc7c5c2CCC)=c2[nH]c5c7[nH]c(c(CCC)c7c7ccccc7c5c2CCC)=C1N=3)N=6)N4. The van der Waals surface area contributed by atoms with E-state index in [0.717, 1.165) is 158 Å². The molecule has 5 aliphatic rings. The summed E-state index contributed by atoms with van der Waals surface area (Å²) in [7, 11) is 0. The summed E-state index contributed by atoms with van der Waals surface area (Å²) in [6.07, 6.45) is 15.3. The van der Waals surface area contributed by atoms with Gasteiger partial charge in [-0.15, -0.1) is 0 Å². The molecular formula is C80H77N8+. The second kappa shape index (κ2) is 20.3. The summed E-state index contributed by atoms with van der Waals surface area (Å²) < 4.78 is 0. The Hall–Kier alpha value is -8.88. The van der Waals surface area contributed by atoms with E-state index in [4.69, 9.17) is 15.0 Å². The van der Waals surface area contributed by atoms with Crippen molar-refractivity contribution in [2.45, 2.75) is 158 Å². The lowest BCUT2D eigenvalue weighted by molar-refractivity contribution is 0.851. The zero-order valence-corrected chi connectivity index (χ0v) is 52.4. The maximum Gasteiger partial charge on any atom is 0.163 e. The van der Waals surface area contributed by atoms with Gasteiger partial charge in [-0.3, -0.25) is 5.32 Å². The molecule has 88 heavy (non-hydrogen) atoms. The zero-order chi connectivity index (χ0) is 59.4. The Morgan fingerprint density at radius 1 is 0.330 bits per heavy atom. The normalized spacial score (nSPS) is 14.8. The van der Waals surface area contributed by atoms with Crippen molar-refractivity contribution >= 4 is 121 Å². The van der Waals surface area contributed by atoms with Crippen LogP contribution in [-0.4, -0.2) is 19.9 Å². The number of nitrogens with one attached hydrogen (secondary N) is 5. The smallest absolute Gasteiger partial charge is 0.163 e. The summed E-state index contributed by atoms with van der Waals surface area (Å²) in [5.74, 6) is 1.33. The second-order valence-corrected chi connectivity index (χ2v) is 25.8. The van der Waals surface area contributed by atoms with E-state index in [2.05, 4.69) is 178 Å². The van der Waals surface area contributed by atoms with Crippen molar-refractivity contribution in [3.8, 4) is 0 Å². The molecule has 8 aromatic carbocycles. The van der Waals surface area contributed by atoms with E-state index in [9.17, 15) is 0 Å². The fourth-order valence-electron chi connectivity index (χ4n) is 17.3. The molecule has 0 aliphatic carbocycles. The summed E-state index contributed by atoms with van der Waals surface area (Å²) in [6.45, 7) is 18.7. The number of benzene rings is 8. The highest BCUT2D eigenvalue weighted by Gasteiger charge is 2.44. The standard InChI is InChI=1S/C80H77N8/c1-9-25-49-57-41-33-17-18-34-42(41)58-51(27-11-3)67-68-53(29-13-5)61-45-37-21-22-38-46(45)63-55(31-15-7)71(87-78(63)77(61)85-68)72-56(32-16-8)64-48-40-24-23-39-47(48)62-54(30-14-6)70(86-79(62)80(64)88-72)69-52(28-12-4)60-44-36-20-19-35-43(44)59-50(26-10-2)66(82-75(59)76(60)84-69)65(49)81-73(57)74(58)83-67/h17-24,33-40,81-84,87H,9-16,25-32H2,1-8H3/q+1. The largest absolute Gasteiger partial charge is 0.351 e. The van der Waals surface area contributed by atoms with E-state index in [1.807, 2.05) is 0 Å². The first-order valence-corrected chi connectivity index (χ1v) is 33.6. The lowest BCUT2D eigenvalue weighted by Crippen LogP contribution is -2.47. The Kier molecular flexibility index (Phi) is 12.3. The number of aromatic amines is 4. The van der Waals surface area contributed by atoms with E-state index in [0.29, 0.717) is 0 Å². The van der Waals surface area contributed by atoms with Crippen LogP contribution in [0.1, 0.15) is 160 Å². The number of hydrogen-bond acceptors (Lipinski definition) is 4. The van der Waals surface area contributed by atoms with E-state index in [-0.39, 0.29) is 0 Å². The first-order valence-electron chi connectivity index (χ1n) is 33.6. The third-order valence-corrected chi connectivity index (χ3v) is 20.4. The summed E-state index contributed by atoms with van der Waals surface area (Å²) in [4.78, 5) is 35.6. The minimum absolute atomic E-state index is 0.891. The Balaban J connectivity index is 1.18. The number of aryl methyl sites for hydroxylation is 4. The van der Waals surface area contributed by atoms with Crippen molar-refractivity contribution in [1.29, 1.82) is 0 Å². The third-order valence-electron chi connectivity index (χ3n) is 20.4. The molecule has 0 fully saturated rings. The van der Waals surface area contributed by atoms with E-state index in [1.54, 1.807) is 0 Å². The van der Waals surface area contributed by atoms with Crippen LogP contribution in [-0.2, 0) is 25.7 Å². The molecule has 0 radical (unpaired) electrons. The van der Waals surface area contributed by atoms with Crippen LogP contribution in [0.25, 0.3) is 115 Å². The molecule has 8 nitrogen and oxygen atoms in total. The molecule has 4 aromatic heterocycles. The molecule has 8 heteroatoms. The molecule has 436 valence electrons. The minimum Gasteiger partial charge on any atom is -0.351 e. The van der Waals surface area contributed by atoms with Crippen LogP contribution in [0.15, 0.2) is 123 Å². The fraction of sp³-hybridized carbons (Fsp3) is 0.300. The number of H-pyrrole nitrogens is 4. The molecule has 5 aliphatic heterocycles. The Morgan fingerprint density at radius 2 is 0.648 bits per heavy atom. The summed E-state index contributed by atoms with van der Waals surface area (Å²) in [6, 6.07) is 37.0. The van der Waals surface area contributed by atoms with Gasteiger partial charge in [-0.2, -0.15) is 4.99 Å². The predicted octanol–water partition coefficient (Wildman–Crippen LogP) is 15.1. The van der Waals surface area contributed by atoms with E-state index < -0.39 is 0 Å². The van der Waals surface area contributed by atoms with Crippen molar-refractivity contribution < 1.29 is 0 Å². The van der Waals surface area contributed by atoms with Gasteiger partial charge in [0.1, 0.15) is 16.3 Å². The molecule has 12 aromatic rings. The van der Waals surface area contributed by atoms with Crippen LogP contribution < -0.4 is 47.7 Å². The minimum atomic E-state index is 0.891. The number of anilines is 1. The summed E-state index contributed by atoms with van der Waals surface area (Å²) >= 11 is 0. The second-order valence-electron chi connectivity index (χ2n) is 25.8. The maximum absolute atomic E-state index is 6.11. The Labute approximate surface area is 511 Å². The predicted molar refractivity (Wildman–Crippen MR) is 368 cm³/mol. The van der Waals surface area contributed by atoms with Crippen LogP contribution in [0.5, 0.6) is 0 Å². The van der Waals surface area contributed by atoms with Gasteiger partial charge in [0.05, 0.1) is 71.5 Å². The van der Waals surface area contributed by atoms with Gasteiger partial charge in [0.15, 0.2) is 17.1 Å². The number of rotatable bonds is 16. The van der Waals surface area contributed by atoms with Gasteiger partial charge < -0.3 is 19.9 Å². The molecule has 9 heterocycles. The number of aromatic nitrogens is 4. The van der Waals surface area contributed by atoms with Gasteiger partial charge in [-0.05, 0) is 129 Å². The van der Waals surface area contributed by atoms with Crippen LogP contribution in [0, 0.1) is 16.6 Å². The van der Waals surface area contributed by atoms with Crippen molar-refractivity contribution in [3.63, 3.8) is 0 Å². The lowest BCUT2D eigenvalue weighted by atomic mass is 9.87. The number of hydrogen-bond donors (Lipinski definition) is 5. The molecule has 0 unspecified atom stereocenters. The van der Waals surface area contributed by atoms with Crippen molar-refractivity contribution in [3.05, 3.63) is 195 Å². The highest BCUT2D eigenvalue weighted by Crippen LogP contribution is 2.47. The number of fused-ring (bicyclic) bond motifs is 20. The molecule has 0 spiro atoms. The molecule has 5 N–H and O–H groups in total. The van der Waals surface area contributed by atoms with Gasteiger partial charge >= 0.3 is 0 Å². The average Bonchev–Trinajstić information content (AvgIpc) is 1.58. The van der Waals surface area contributed by atoms with Gasteiger partial charge in [-0.25, -0.2) is 9.98 Å². The maximum atomic E-state index is 6.11. The van der Waals surface area contributed by atoms with Crippen molar-refractivity contribution in [2.75, 3.05) is 5.32 Å². The summed E-state index contributed by atoms with van der Waals surface area (Å²) in [5, 5.41) is 31.4. The van der Waals surface area contributed by atoms with Crippen LogP contribution in [0.2, 0.25) is 0 Å². The zero-order valence-electron chi connectivity index (χ0n) is 52.4. The molecule has 0 saturated heterocycles. The highest BCUT2D eigenvalue weighted by molar-refractivity contribution is 6.27. The van der Waals surface area contributed by atoms with Crippen LogP contribution >= 0.6 is 0 Å².